The van der Waals surface area contributed by atoms with E-state index >= 15 is 0 Å². The highest BCUT2D eigenvalue weighted by atomic mass is 35.5. The third-order valence-corrected chi connectivity index (χ3v) is 7.67. The Morgan fingerprint density at radius 1 is 1.06 bits per heavy atom. The highest BCUT2D eigenvalue weighted by Gasteiger charge is 2.30. The smallest absolute Gasteiger partial charge is 0.243 e. The first-order chi connectivity index (χ1) is 16.0. The monoisotopic (exact) mass is 506 g/mol. The lowest BCUT2D eigenvalue weighted by Gasteiger charge is -2.33. The van der Waals surface area contributed by atoms with Gasteiger partial charge in [-0.15, -0.1) is 11.8 Å². The molecule has 1 aliphatic rings. The molecule has 1 aliphatic carbocycles. The minimum Gasteiger partial charge on any atom is -0.352 e. The van der Waals surface area contributed by atoms with Crippen molar-refractivity contribution in [2.24, 2.45) is 0 Å². The summed E-state index contributed by atoms with van der Waals surface area (Å²) in [4.78, 5) is 29.4. The lowest BCUT2D eigenvalue weighted by molar-refractivity contribution is -0.141. The number of hydrogen-bond donors (Lipinski definition) is 1. The SMILES string of the molecule is CCC(C(=O)NC1CCCCC1)N(Cc1ccccc1Cl)C(=O)CCSc1ccc(Cl)cc1. The molecular formula is C26H32Cl2N2O2S. The van der Waals surface area contributed by atoms with Crippen LogP contribution in [0.4, 0.5) is 0 Å². The largest absolute Gasteiger partial charge is 0.352 e. The van der Waals surface area contributed by atoms with Crippen LogP contribution in [0.1, 0.15) is 57.4 Å². The molecule has 0 radical (unpaired) electrons. The van der Waals surface area contributed by atoms with Crippen molar-refractivity contribution in [1.82, 2.24) is 10.2 Å². The lowest BCUT2D eigenvalue weighted by Crippen LogP contribution is -2.51. The van der Waals surface area contributed by atoms with E-state index in [1.807, 2.05) is 55.5 Å². The molecule has 0 bridgehead atoms. The number of nitrogens with zero attached hydrogens (tertiary/aromatic N) is 1. The van der Waals surface area contributed by atoms with Gasteiger partial charge in [-0.05, 0) is 55.2 Å². The van der Waals surface area contributed by atoms with Crippen molar-refractivity contribution < 1.29 is 9.59 Å². The van der Waals surface area contributed by atoms with Gasteiger partial charge in [0.1, 0.15) is 6.04 Å². The van der Waals surface area contributed by atoms with Crippen LogP contribution in [-0.2, 0) is 16.1 Å². The van der Waals surface area contributed by atoms with Gasteiger partial charge in [-0.25, -0.2) is 0 Å². The van der Waals surface area contributed by atoms with Crippen molar-refractivity contribution in [3.05, 3.63) is 64.1 Å². The highest BCUT2D eigenvalue weighted by Crippen LogP contribution is 2.24. The van der Waals surface area contributed by atoms with E-state index < -0.39 is 6.04 Å². The molecule has 178 valence electrons. The molecule has 2 aromatic carbocycles. The maximum Gasteiger partial charge on any atom is 0.243 e. The summed E-state index contributed by atoms with van der Waals surface area (Å²) in [6, 6.07) is 14.8. The minimum absolute atomic E-state index is 0.0398. The first-order valence-electron chi connectivity index (χ1n) is 11.7. The van der Waals surface area contributed by atoms with Crippen molar-refractivity contribution in [2.75, 3.05) is 5.75 Å². The van der Waals surface area contributed by atoms with Crippen LogP contribution < -0.4 is 5.32 Å². The van der Waals surface area contributed by atoms with Crippen LogP contribution in [0.15, 0.2) is 53.4 Å². The summed E-state index contributed by atoms with van der Waals surface area (Å²) in [6.07, 6.45) is 6.44. The zero-order valence-electron chi connectivity index (χ0n) is 19.1. The Morgan fingerprint density at radius 2 is 1.76 bits per heavy atom. The van der Waals surface area contributed by atoms with Crippen LogP contribution in [0.5, 0.6) is 0 Å². The van der Waals surface area contributed by atoms with Gasteiger partial charge in [0, 0.05) is 39.7 Å². The molecule has 3 rings (SSSR count). The molecule has 1 atom stereocenters. The maximum atomic E-state index is 13.4. The summed E-state index contributed by atoms with van der Waals surface area (Å²) in [5.41, 5.74) is 0.849. The normalized spacial score (nSPS) is 15.1. The number of rotatable bonds is 10. The standard InChI is InChI=1S/C26H32Cl2N2O2S/c1-2-24(26(32)29-21-9-4-3-5-10-21)30(18-19-8-6-7-11-23(19)28)25(31)16-17-33-22-14-12-20(27)13-15-22/h6-8,11-15,21,24H,2-5,9-10,16-18H2,1H3,(H,29,32). The van der Waals surface area contributed by atoms with Crippen molar-refractivity contribution in [1.29, 1.82) is 0 Å². The number of halogens is 2. The first-order valence-corrected chi connectivity index (χ1v) is 13.4. The third kappa shape index (κ3) is 7.94. The maximum absolute atomic E-state index is 13.4. The minimum atomic E-state index is -0.517. The Balaban J connectivity index is 1.70. The van der Waals surface area contributed by atoms with E-state index in [1.54, 1.807) is 16.7 Å². The topological polar surface area (TPSA) is 49.4 Å². The van der Waals surface area contributed by atoms with E-state index in [9.17, 15) is 9.59 Å². The van der Waals surface area contributed by atoms with Crippen molar-refractivity contribution >= 4 is 46.8 Å². The second-order valence-corrected chi connectivity index (χ2v) is 10.4. The molecule has 7 heteroatoms. The molecule has 1 fully saturated rings. The van der Waals surface area contributed by atoms with E-state index in [4.69, 9.17) is 23.2 Å². The van der Waals surface area contributed by atoms with Gasteiger partial charge in [0.25, 0.3) is 0 Å². The van der Waals surface area contributed by atoms with E-state index in [2.05, 4.69) is 5.32 Å². The van der Waals surface area contributed by atoms with E-state index in [0.717, 1.165) is 36.1 Å². The number of carbonyl (C=O) groups is 2. The number of carbonyl (C=O) groups excluding carboxylic acids is 2. The number of thioether (sulfide) groups is 1. The number of amides is 2. The zero-order valence-corrected chi connectivity index (χ0v) is 21.4. The Hall–Kier alpha value is -1.69. The fourth-order valence-corrected chi connectivity index (χ4v) is 5.37. The van der Waals surface area contributed by atoms with Gasteiger partial charge in [0.05, 0.1) is 0 Å². The quantitative estimate of drug-likeness (QED) is 0.363. The summed E-state index contributed by atoms with van der Waals surface area (Å²) >= 11 is 14.0. The number of benzene rings is 2. The number of hydrogen-bond acceptors (Lipinski definition) is 3. The van der Waals surface area contributed by atoms with Crippen LogP contribution >= 0.6 is 35.0 Å². The predicted molar refractivity (Wildman–Crippen MR) is 138 cm³/mol. The summed E-state index contributed by atoms with van der Waals surface area (Å²) in [6.45, 7) is 2.28. The zero-order chi connectivity index (χ0) is 23.6. The summed E-state index contributed by atoms with van der Waals surface area (Å²) < 4.78 is 0. The van der Waals surface area contributed by atoms with Crippen LogP contribution in [-0.4, -0.2) is 34.6 Å². The highest BCUT2D eigenvalue weighted by molar-refractivity contribution is 7.99. The van der Waals surface area contributed by atoms with Crippen molar-refractivity contribution in [3.8, 4) is 0 Å². The van der Waals surface area contributed by atoms with Crippen LogP contribution in [0.2, 0.25) is 10.0 Å². The predicted octanol–water partition coefficient (Wildman–Crippen LogP) is 6.73. The van der Waals surface area contributed by atoms with Crippen molar-refractivity contribution in [2.45, 2.75) is 75.4 Å². The summed E-state index contributed by atoms with van der Waals surface area (Å²) in [7, 11) is 0. The molecule has 0 aliphatic heterocycles. The molecule has 0 saturated heterocycles. The first kappa shape index (κ1) is 25.9. The molecule has 4 nitrogen and oxygen atoms in total. The lowest BCUT2D eigenvalue weighted by atomic mass is 9.95. The van der Waals surface area contributed by atoms with E-state index in [-0.39, 0.29) is 17.9 Å². The fourth-order valence-electron chi connectivity index (χ4n) is 4.20. The van der Waals surface area contributed by atoms with Crippen LogP contribution in [0, 0.1) is 0 Å². The van der Waals surface area contributed by atoms with Crippen LogP contribution in [0.25, 0.3) is 0 Å². The summed E-state index contributed by atoms with van der Waals surface area (Å²) in [5.74, 6) is 0.525. The van der Waals surface area contributed by atoms with Gasteiger partial charge < -0.3 is 10.2 Å². The Morgan fingerprint density at radius 3 is 2.42 bits per heavy atom. The van der Waals surface area contributed by atoms with Gasteiger partial charge >= 0.3 is 0 Å². The molecular weight excluding hydrogens is 475 g/mol. The van der Waals surface area contributed by atoms with E-state index in [1.165, 1.54) is 6.42 Å². The van der Waals surface area contributed by atoms with E-state index in [0.29, 0.717) is 35.2 Å². The Labute approximate surface area is 211 Å². The molecule has 1 unspecified atom stereocenters. The molecule has 1 saturated carbocycles. The van der Waals surface area contributed by atoms with Gasteiger partial charge in [0.2, 0.25) is 11.8 Å². The average Bonchev–Trinajstić information content (AvgIpc) is 2.82. The average molecular weight is 508 g/mol. The molecule has 2 amide bonds. The molecule has 0 aromatic heterocycles. The Kier molecular flexibility index (Phi) is 10.4. The summed E-state index contributed by atoms with van der Waals surface area (Å²) in [5, 5.41) is 4.51. The van der Waals surface area contributed by atoms with Gasteiger partial charge in [-0.3, -0.25) is 9.59 Å². The van der Waals surface area contributed by atoms with Gasteiger partial charge in [-0.2, -0.15) is 0 Å². The van der Waals surface area contributed by atoms with Crippen molar-refractivity contribution in [3.63, 3.8) is 0 Å². The van der Waals surface area contributed by atoms with Gasteiger partial charge in [-0.1, -0.05) is 67.6 Å². The molecule has 1 N–H and O–H groups in total. The second kappa shape index (κ2) is 13.3. The molecule has 33 heavy (non-hydrogen) atoms. The van der Waals surface area contributed by atoms with Gasteiger partial charge in [0.15, 0.2) is 0 Å². The van der Waals surface area contributed by atoms with Crippen LogP contribution in [0.3, 0.4) is 0 Å². The molecule has 2 aromatic rings. The fraction of sp³-hybridized carbons (Fsp3) is 0.462. The molecule has 0 spiro atoms. The Bertz CT molecular complexity index is 917. The third-order valence-electron chi connectivity index (χ3n) is 6.03. The second-order valence-electron chi connectivity index (χ2n) is 8.43. The molecule has 0 heterocycles. The number of nitrogens with one attached hydrogen (secondary N) is 1.